The van der Waals surface area contributed by atoms with E-state index in [1.54, 1.807) is 24.7 Å². The molecule has 260 valence electrons. The fourth-order valence-corrected chi connectivity index (χ4v) is 5.95. The third-order valence-corrected chi connectivity index (χ3v) is 8.57. The number of hydrogen-bond donors (Lipinski definition) is 2. The second kappa shape index (κ2) is 14.8. The standard InChI is InChI=1S/C18H12N6O2.C11H8BrN3.C7H5N3O2/c1-19-14-5-3-11(9-16(14)24(25)26)21-17-6-4-12-13-10-20-8-7-15(13)23(2)18(12)22-17;1-15-9-4-5-13-6-8(9)7-2-3-10(12)14-11(7)15;1-9-6-3-2-5(8)4-7(6)10(11)12/h3-10H,2H3,(H,21,22);2-6H,1H3;2-4H,8H2. The third-order valence-electron chi connectivity index (χ3n) is 8.13. The number of benzene rings is 2. The Morgan fingerprint density at radius 1 is 0.717 bits per heavy atom. The van der Waals surface area contributed by atoms with Crippen molar-refractivity contribution in [3.05, 3.63) is 145 Å². The number of nitrogens with two attached hydrogens (primary N) is 1. The molecule has 0 aliphatic rings. The third kappa shape index (κ3) is 7.09. The number of nitrogens with one attached hydrogen (secondary N) is 1. The summed E-state index contributed by atoms with van der Waals surface area (Å²) < 4.78 is 4.91. The maximum absolute atomic E-state index is 11.1. The molecule has 0 amide bonds. The van der Waals surface area contributed by atoms with Gasteiger partial charge in [-0.2, -0.15) is 0 Å². The molecule has 2 aromatic carbocycles. The van der Waals surface area contributed by atoms with Crippen LogP contribution in [0.2, 0.25) is 0 Å². The quantitative estimate of drug-likeness (QED) is 0.0574. The summed E-state index contributed by atoms with van der Waals surface area (Å²) in [6.07, 6.45) is 7.22. The number of halogens is 1. The van der Waals surface area contributed by atoms with Crippen molar-refractivity contribution >= 4 is 99.7 Å². The predicted octanol–water partition coefficient (Wildman–Crippen LogP) is 8.94. The molecule has 0 saturated carbocycles. The lowest BCUT2D eigenvalue weighted by Gasteiger charge is -2.07. The van der Waals surface area contributed by atoms with Gasteiger partial charge in [0.1, 0.15) is 21.7 Å². The van der Waals surface area contributed by atoms with Gasteiger partial charge in [-0.1, -0.05) is 0 Å². The van der Waals surface area contributed by atoms with Gasteiger partial charge in [-0.25, -0.2) is 19.7 Å². The summed E-state index contributed by atoms with van der Waals surface area (Å²) in [6, 6.07) is 20.1. The molecule has 0 unspecified atom stereocenters. The zero-order chi connectivity index (χ0) is 37.8. The molecule has 16 nitrogen and oxygen atoms in total. The van der Waals surface area contributed by atoms with E-state index in [4.69, 9.17) is 18.9 Å². The Morgan fingerprint density at radius 2 is 1.25 bits per heavy atom. The molecule has 3 N–H and O–H groups in total. The molecule has 17 heteroatoms. The van der Waals surface area contributed by atoms with Gasteiger partial charge >= 0.3 is 0 Å². The van der Waals surface area contributed by atoms with E-state index in [2.05, 4.69) is 61.5 Å². The Kier molecular flexibility index (Phi) is 9.85. The highest BCUT2D eigenvalue weighted by molar-refractivity contribution is 9.10. The van der Waals surface area contributed by atoms with Gasteiger partial charge in [-0.3, -0.25) is 30.2 Å². The number of aryl methyl sites for hydroxylation is 2. The number of rotatable bonds is 4. The number of nitro benzene ring substituents is 2. The van der Waals surface area contributed by atoms with Crippen molar-refractivity contribution in [1.29, 1.82) is 0 Å². The summed E-state index contributed by atoms with van der Waals surface area (Å²) in [5.41, 5.74) is 9.57. The highest BCUT2D eigenvalue weighted by Gasteiger charge is 2.16. The number of nitro groups is 2. The van der Waals surface area contributed by atoms with E-state index in [1.165, 1.54) is 30.3 Å². The lowest BCUT2D eigenvalue weighted by Crippen LogP contribution is -1.97. The van der Waals surface area contributed by atoms with E-state index in [9.17, 15) is 20.2 Å². The molecule has 8 rings (SSSR count). The summed E-state index contributed by atoms with van der Waals surface area (Å²) >= 11 is 3.38. The minimum absolute atomic E-state index is 0.00476. The summed E-state index contributed by atoms with van der Waals surface area (Å²) in [7, 11) is 3.95. The molecule has 0 bridgehead atoms. The van der Waals surface area contributed by atoms with Gasteiger partial charge < -0.3 is 20.2 Å². The van der Waals surface area contributed by atoms with Crippen molar-refractivity contribution in [2.24, 2.45) is 14.1 Å². The fourth-order valence-electron chi connectivity index (χ4n) is 5.65. The van der Waals surface area contributed by atoms with E-state index in [-0.39, 0.29) is 28.4 Å². The van der Waals surface area contributed by atoms with Crippen molar-refractivity contribution in [3.63, 3.8) is 0 Å². The lowest BCUT2D eigenvalue weighted by atomic mass is 10.2. The maximum atomic E-state index is 11.1. The molecule has 0 radical (unpaired) electrons. The number of fused-ring (bicyclic) bond motifs is 6. The Balaban J connectivity index is 0.000000150. The van der Waals surface area contributed by atoms with Crippen molar-refractivity contribution in [2.45, 2.75) is 0 Å². The molecule has 6 aromatic heterocycles. The molecule has 0 spiro atoms. The number of aromatic nitrogens is 6. The van der Waals surface area contributed by atoms with Crippen LogP contribution in [0.1, 0.15) is 0 Å². The zero-order valence-electron chi connectivity index (χ0n) is 27.8. The van der Waals surface area contributed by atoms with E-state index >= 15 is 0 Å². The summed E-state index contributed by atoms with van der Waals surface area (Å²) in [5, 5.41) is 28.8. The summed E-state index contributed by atoms with van der Waals surface area (Å²) in [4.78, 5) is 43.8. The largest absolute Gasteiger partial charge is 0.399 e. The maximum Gasteiger partial charge on any atom is 0.281 e. The average molecular weight is 770 g/mol. The first kappa shape index (κ1) is 35.3. The minimum atomic E-state index is -0.621. The molecule has 0 fully saturated rings. The van der Waals surface area contributed by atoms with E-state index in [0.29, 0.717) is 11.5 Å². The molecule has 6 heterocycles. The monoisotopic (exact) mass is 768 g/mol. The second-order valence-corrected chi connectivity index (χ2v) is 12.1. The Labute approximate surface area is 308 Å². The van der Waals surface area contributed by atoms with Crippen LogP contribution in [0, 0.1) is 33.4 Å². The molecule has 0 atom stereocenters. The minimum Gasteiger partial charge on any atom is -0.399 e. The molecule has 0 aliphatic heterocycles. The molecule has 0 saturated heterocycles. The van der Waals surface area contributed by atoms with Gasteiger partial charge in [0.15, 0.2) is 0 Å². The number of nitrogen functional groups attached to an aromatic ring is 1. The molecule has 0 aliphatic carbocycles. The van der Waals surface area contributed by atoms with Crippen molar-refractivity contribution in [2.75, 3.05) is 11.1 Å². The van der Waals surface area contributed by atoms with Crippen molar-refractivity contribution < 1.29 is 9.85 Å². The summed E-state index contributed by atoms with van der Waals surface area (Å²) in [6.45, 7) is 13.6. The van der Waals surface area contributed by atoms with Gasteiger partial charge in [0.2, 0.25) is 0 Å². The van der Waals surface area contributed by atoms with Gasteiger partial charge in [-0.15, -0.1) is 0 Å². The van der Waals surface area contributed by atoms with E-state index in [0.717, 1.165) is 48.5 Å². The van der Waals surface area contributed by atoms with E-state index in [1.807, 2.05) is 55.2 Å². The van der Waals surface area contributed by atoms with Crippen LogP contribution in [-0.2, 0) is 14.1 Å². The van der Waals surface area contributed by atoms with Crippen LogP contribution in [0.25, 0.3) is 53.6 Å². The zero-order valence-corrected chi connectivity index (χ0v) is 29.4. The smallest absolute Gasteiger partial charge is 0.281 e. The Hall–Kier alpha value is -7.50. The van der Waals surface area contributed by atoms with Crippen LogP contribution in [-0.4, -0.2) is 38.9 Å². The van der Waals surface area contributed by atoms with Crippen LogP contribution in [0.15, 0.2) is 102 Å². The fraction of sp³-hybridized carbons (Fsp3) is 0.0556. The van der Waals surface area contributed by atoms with Crippen LogP contribution < -0.4 is 11.1 Å². The topological polar surface area (TPSA) is 194 Å². The highest BCUT2D eigenvalue weighted by atomic mass is 79.9. The molecule has 53 heavy (non-hydrogen) atoms. The van der Waals surface area contributed by atoms with Crippen LogP contribution in [0.3, 0.4) is 0 Å². The highest BCUT2D eigenvalue weighted by Crippen LogP contribution is 2.33. The average Bonchev–Trinajstić information content (AvgIpc) is 3.61. The number of hydrogen-bond acceptors (Lipinski definition) is 10. The summed E-state index contributed by atoms with van der Waals surface area (Å²) in [5.74, 6) is 0.557. The predicted molar refractivity (Wildman–Crippen MR) is 206 cm³/mol. The number of nitrogens with zero attached hydrogens (tertiary/aromatic N) is 10. The first-order chi connectivity index (χ1) is 25.5. The van der Waals surface area contributed by atoms with Crippen LogP contribution in [0.5, 0.6) is 0 Å². The van der Waals surface area contributed by atoms with Crippen molar-refractivity contribution in [1.82, 2.24) is 29.1 Å². The normalized spacial score (nSPS) is 10.5. The lowest BCUT2D eigenvalue weighted by molar-refractivity contribution is -0.383. The van der Waals surface area contributed by atoms with Gasteiger partial charge in [0, 0.05) is 83.9 Å². The molecular formula is C36H25BrN12O4. The van der Waals surface area contributed by atoms with Gasteiger partial charge in [0.25, 0.3) is 22.7 Å². The Bertz CT molecular complexity index is 2820. The second-order valence-electron chi connectivity index (χ2n) is 11.3. The molecular weight excluding hydrogens is 744 g/mol. The number of anilines is 3. The van der Waals surface area contributed by atoms with Gasteiger partial charge in [-0.05, 0) is 76.6 Å². The SMILES string of the molecule is Cn1c2ccncc2c2ccc(Br)nc21.[C-]#[N+]c1ccc(N)cc1[N+](=O)[O-].[C-]#[N+]c1ccc(Nc2ccc3c4cnccc4n(C)c3n2)cc1[N+](=O)[O-]. The number of pyridine rings is 4. The van der Waals surface area contributed by atoms with Crippen molar-refractivity contribution in [3.8, 4) is 0 Å². The van der Waals surface area contributed by atoms with Crippen LogP contribution >= 0.6 is 15.9 Å². The first-order valence-electron chi connectivity index (χ1n) is 15.4. The van der Waals surface area contributed by atoms with Crippen LogP contribution in [0.4, 0.5) is 39.9 Å². The Morgan fingerprint density at radius 3 is 1.81 bits per heavy atom. The molecule has 8 aromatic rings. The first-order valence-corrected chi connectivity index (χ1v) is 16.2. The van der Waals surface area contributed by atoms with Gasteiger partial charge in [0.05, 0.1) is 34.0 Å². The van der Waals surface area contributed by atoms with E-state index < -0.39 is 9.85 Å².